The summed E-state index contributed by atoms with van der Waals surface area (Å²) < 4.78 is 11.9. The third-order valence-electron chi connectivity index (χ3n) is 7.59. The molecule has 0 bridgehead atoms. The molecule has 186 valence electrons. The van der Waals surface area contributed by atoms with E-state index in [0.717, 1.165) is 62.5 Å². The number of fused-ring (bicyclic) bond motifs is 2. The highest BCUT2D eigenvalue weighted by Gasteiger charge is 2.25. The lowest BCUT2D eigenvalue weighted by molar-refractivity contribution is 0.0734. The van der Waals surface area contributed by atoms with Crippen LogP contribution in [0.1, 0.15) is 34.3 Å². The Hall–Kier alpha value is -3.51. The molecule has 3 aromatic carbocycles. The minimum absolute atomic E-state index is 0.0383. The zero-order valence-electron chi connectivity index (χ0n) is 20.6. The highest BCUT2D eigenvalue weighted by molar-refractivity contribution is 5.94. The lowest BCUT2D eigenvalue weighted by Crippen LogP contribution is -2.47. The average molecular weight is 484 g/mol. The third kappa shape index (κ3) is 4.91. The molecule has 3 heterocycles. The van der Waals surface area contributed by atoms with Crippen molar-refractivity contribution in [1.82, 2.24) is 10.2 Å². The maximum absolute atomic E-state index is 13.1. The first-order chi connectivity index (χ1) is 17.7. The van der Waals surface area contributed by atoms with Gasteiger partial charge in [-0.2, -0.15) is 0 Å². The van der Waals surface area contributed by atoms with Crippen molar-refractivity contribution in [3.63, 3.8) is 0 Å². The van der Waals surface area contributed by atoms with Crippen molar-refractivity contribution in [2.75, 3.05) is 37.7 Å². The monoisotopic (exact) mass is 483 g/mol. The van der Waals surface area contributed by atoms with E-state index in [0.29, 0.717) is 19.2 Å². The SMILES string of the molecule is O=C(c1ccc(N2CCC(NC[C@@H]3COc4ccccc4O3)CC2)cc1)N1CCc2ccccc2C1. The summed E-state index contributed by atoms with van der Waals surface area (Å²) in [6, 6.07) is 24.9. The second kappa shape index (κ2) is 10.2. The molecule has 0 saturated carbocycles. The van der Waals surface area contributed by atoms with Gasteiger partial charge in [-0.25, -0.2) is 0 Å². The fraction of sp³-hybridized carbons (Fsp3) is 0.367. The van der Waals surface area contributed by atoms with Crippen LogP contribution in [0.3, 0.4) is 0 Å². The quantitative estimate of drug-likeness (QED) is 0.587. The van der Waals surface area contributed by atoms with E-state index in [2.05, 4.69) is 46.6 Å². The molecule has 36 heavy (non-hydrogen) atoms. The first kappa shape index (κ1) is 22.9. The predicted octanol–water partition coefficient (Wildman–Crippen LogP) is 4.28. The predicted molar refractivity (Wildman–Crippen MR) is 141 cm³/mol. The molecule has 3 aliphatic rings. The molecular weight excluding hydrogens is 450 g/mol. The molecule has 0 radical (unpaired) electrons. The van der Waals surface area contributed by atoms with Crippen LogP contribution in [0.25, 0.3) is 0 Å². The second-order valence-corrected chi connectivity index (χ2v) is 9.96. The Bertz CT molecular complexity index is 1200. The average Bonchev–Trinajstić information content (AvgIpc) is 2.96. The molecule has 6 nitrogen and oxygen atoms in total. The molecule has 1 saturated heterocycles. The smallest absolute Gasteiger partial charge is 0.254 e. The van der Waals surface area contributed by atoms with Crippen LogP contribution in [0.5, 0.6) is 11.5 Å². The van der Waals surface area contributed by atoms with Gasteiger partial charge in [0.05, 0.1) is 0 Å². The Morgan fingerprint density at radius 2 is 1.58 bits per heavy atom. The Morgan fingerprint density at radius 1 is 0.861 bits per heavy atom. The number of ether oxygens (including phenoxy) is 2. The number of para-hydroxylation sites is 2. The maximum atomic E-state index is 13.1. The molecule has 1 fully saturated rings. The van der Waals surface area contributed by atoms with E-state index < -0.39 is 0 Å². The number of nitrogens with one attached hydrogen (secondary N) is 1. The van der Waals surface area contributed by atoms with Gasteiger partial charge < -0.3 is 24.6 Å². The molecule has 0 spiro atoms. The summed E-state index contributed by atoms with van der Waals surface area (Å²) in [5, 5.41) is 3.68. The van der Waals surface area contributed by atoms with Gasteiger partial charge in [-0.3, -0.25) is 4.79 Å². The molecule has 0 aliphatic carbocycles. The highest BCUT2D eigenvalue weighted by Crippen LogP contribution is 2.31. The van der Waals surface area contributed by atoms with E-state index in [1.165, 1.54) is 16.8 Å². The van der Waals surface area contributed by atoms with E-state index >= 15 is 0 Å². The number of anilines is 1. The number of piperidine rings is 1. The van der Waals surface area contributed by atoms with Crippen molar-refractivity contribution in [2.45, 2.75) is 38.0 Å². The summed E-state index contributed by atoms with van der Waals surface area (Å²) in [5.74, 6) is 1.78. The van der Waals surface area contributed by atoms with Crippen molar-refractivity contribution in [3.05, 3.63) is 89.5 Å². The summed E-state index contributed by atoms with van der Waals surface area (Å²) in [7, 11) is 0. The van der Waals surface area contributed by atoms with Crippen LogP contribution in [-0.4, -0.2) is 55.7 Å². The summed E-state index contributed by atoms with van der Waals surface area (Å²) in [4.78, 5) is 17.5. The van der Waals surface area contributed by atoms with Gasteiger partial charge in [0.2, 0.25) is 0 Å². The molecule has 6 heteroatoms. The highest BCUT2D eigenvalue weighted by atomic mass is 16.6. The van der Waals surface area contributed by atoms with E-state index in [1.54, 1.807) is 0 Å². The number of rotatable bonds is 5. The first-order valence-corrected chi connectivity index (χ1v) is 13.1. The standard InChI is InChI=1S/C30H33N3O3/c34-30(33-16-13-22-5-1-2-6-24(22)20-33)23-9-11-26(12-10-23)32-17-14-25(15-18-32)31-19-27-21-35-28-7-3-4-8-29(28)36-27/h1-12,25,27,31H,13-21H2/t27-/m1/s1. The molecular formula is C30H33N3O3. The maximum Gasteiger partial charge on any atom is 0.254 e. The third-order valence-corrected chi connectivity index (χ3v) is 7.59. The number of hydrogen-bond donors (Lipinski definition) is 1. The second-order valence-electron chi connectivity index (χ2n) is 9.96. The van der Waals surface area contributed by atoms with Crippen molar-refractivity contribution in [3.8, 4) is 11.5 Å². The van der Waals surface area contributed by atoms with Gasteiger partial charge in [-0.15, -0.1) is 0 Å². The largest absolute Gasteiger partial charge is 0.486 e. The topological polar surface area (TPSA) is 54.0 Å². The van der Waals surface area contributed by atoms with Crippen LogP contribution in [0, 0.1) is 0 Å². The Kier molecular flexibility index (Phi) is 6.51. The number of carbonyl (C=O) groups is 1. The number of amides is 1. The van der Waals surface area contributed by atoms with Gasteiger partial charge in [0.25, 0.3) is 5.91 Å². The van der Waals surface area contributed by atoms with Gasteiger partial charge in [0.1, 0.15) is 12.7 Å². The van der Waals surface area contributed by atoms with Crippen LogP contribution >= 0.6 is 0 Å². The fourth-order valence-corrected chi connectivity index (χ4v) is 5.47. The van der Waals surface area contributed by atoms with E-state index in [9.17, 15) is 4.79 Å². The van der Waals surface area contributed by atoms with E-state index in [4.69, 9.17) is 9.47 Å². The van der Waals surface area contributed by atoms with E-state index in [1.807, 2.05) is 41.3 Å². The number of carbonyl (C=O) groups excluding carboxylic acids is 1. The number of benzene rings is 3. The van der Waals surface area contributed by atoms with Crippen LogP contribution in [0.4, 0.5) is 5.69 Å². The van der Waals surface area contributed by atoms with Gasteiger partial charge in [0.15, 0.2) is 11.5 Å². The van der Waals surface area contributed by atoms with Gasteiger partial charge in [-0.05, 0) is 66.8 Å². The Balaban J connectivity index is 0.980. The van der Waals surface area contributed by atoms with Crippen molar-refractivity contribution in [2.24, 2.45) is 0 Å². The summed E-state index contributed by atoms with van der Waals surface area (Å²) in [6.45, 7) is 4.84. The minimum atomic E-state index is 0.0383. The molecule has 1 atom stereocenters. The van der Waals surface area contributed by atoms with Crippen molar-refractivity contribution >= 4 is 11.6 Å². The van der Waals surface area contributed by atoms with Crippen molar-refractivity contribution < 1.29 is 14.3 Å². The summed E-state index contributed by atoms with van der Waals surface area (Å²) in [6.07, 6.45) is 3.13. The lowest BCUT2D eigenvalue weighted by atomic mass is 9.99. The molecule has 0 unspecified atom stereocenters. The zero-order chi connectivity index (χ0) is 24.3. The van der Waals surface area contributed by atoms with Gasteiger partial charge in [-0.1, -0.05) is 36.4 Å². The lowest BCUT2D eigenvalue weighted by Gasteiger charge is -2.35. The van der Waals surface area contributed by atoms with Gasteiger partial charge >= 0.3 is 0 Å². The first-order valence-electron chi connectivity index (χ1n) is 13.1. The Labute approximate surface area is 212 Å². The molecule has 1 amide bonds. The Morgan fingerprint density at radius 3 is 2.39 bits per heavy atom. The molecule has 6 rings (SSSR count). The van der Waals surface area contributed by atoms with E-state index in [-0.39, 0.29) is 12.0 Å². The molecule has 3 aliphatic heterocycles. The molecule has 3 aromatic rings. The van der Waals surface area contributed by atoms with Crippen LogP contribution in [-0.2, 0) is 13.0 Å². The van der Waals surface area contributed by atoms with Gasteiger partial charge in [0, 0.05) is 50.0 Å². The molecule has 1 N–H and O–H groups in total. The molecule has 0 aromatic heterocycles. The minimum Gasteiger partial charge on any atom is -0.486 e. The van der Waals surface area contributed by atoms with Crippen LogP contribution in [0.2, 0.25) is 0 Å². The van der Waals surface area contributed by atoms with Crippen LogP contribution in [0.15, 0.2) is 72.8 Å². The summed E-state index contributed by atoms with van der Waals surface area (Å²) in [5.41, 5.74) is 4.58. The number of nitrogens with zero attached hydrogens (tertiary/aromatic N) is 2. The fourth-order valence-electron chi connectivity index (χ4n) is 5.47. The van der Waals surface area contributed by atoms with Crippen molar-refractivity contribution in [1.29, 1.82) is 0 Å². The summed E-state index contributed by atoms with van der Waals surface area (Å²) >= 11 is 0. The normalized spacial score (nSPS) is 19.6. The zero-order valence-corrected chi connectivity index (χ0v) is 20.6. The number of hydrogen-bond acceptors (Lipinski definition) is 5. The van der Waals surface area contributed by atoms with Crippen LogP contribution < -0.4 is 19.7 Å².